The van der Waals surface area contributed by atoms with Crippen molar-refractivity contribution in [2.75, 3.05) is 0 Å². The van der Waals surface area contributed by atoms with Crippen LogP contribution in [0.5, 0.6) is 0 Å². The molecule has 2 aromatic carbocycles. The second kappa shape index (κ2) is 2.88. The van der Waals surface area contributed by atoms with Crippen LogP contribution in [0.1, 0.15) is 5.56 Å². The van der Waals surface area contributed by atoms with Gasteiger partial charge in [0, 0.05) is 5.22 Å². The molecule has 3 heteroatoms. The standard InChI is InChI=1S/C13H7F3/c14-13(15,16)11-7-3-6-10-8-4-1-2-5-9(8)12(10)11/h1-7H. The maximum Gasteiger partial charge on any atom is 0.417 e. The number of hydrogen-bond donors (Lipinski definition) is 0. The lowest BCUT2D eigenvalue weighted by Crippen LogP contribution is -2.09. The Hall–Kier alpha value is -1.77. The van der Waals surface area contributed by atoms with Gasteiger partial charge in [-0.3, -0.25) is 0 Å². The summed E-state index contributed by atoms with van der Waals surface area (Å²) in [6.07, 6.45) is -4.28. The van der Waals surface area contributed by atoms with E-state index >= 15 is 0 Å². The van der Waals surface area contributed by atoms with Crippen LogP contribution >= 0.6 is 0 Å². The number of hydrogen-bond acceptors (Lipinski definition) is 0. The third kappa shape index (κ3) is 1.11. The van der Waals surface area contributed by atoms with Gasteiger partial charge >= 0.3 is 6.18 Å². The van der Waals surface area contributed by atoms with Gasteiger partial charge in [0.25, 0.3) is 0 Å². The summed E-state index contributed by atoms with van der Waals surface area (Å²) in [5.74, 6) is 0. The average molecular weight is 220 g/mol. The van der Waals surface area contributed by atoms with E-state index in [1.54, 1.807) is 18.2 Å². The van der Waals surface area contributed by atoms with E-state index in [4.69, 9.17) is 0 Å². The molecule has 0 fully saturated rings. The molecule has 0 aromatic heterocycles. The zero-order chi connectivity index (χ0) is 11.3. The molecule has 0 amide bonds. The topological polar surface area (TPSA) is 0 Å². The minimum atomic E-state index is -4.28. The fourth-order valence-corrected chi connectivity index (χ4v) is 2.18. The van der Waals surface area contributed by atoms with E-state index in [0.29, 0.717) is 15.7 Å². The van der Waals surface area contributed by atoms with Crippen LogP contribution in [0.25, 0.3) is 0 Å². The SMILES string of the molecule is FC(F)(F)c1cccc2c1=c1ccccc1=2. The summed E-state index contributed by atoms with van der Waals surface area (Å²) in [6.45, 7) is 0. The molecule has 0 unspecified atom stereocenters. The first-order valence-electron chi connectivity index (χ1n) is 4.89. The van der Waals surface area contributed by atoms with Gasteiger partial charge in [-0.1, -0.05) is 36.4 Å². The van der Waals surface area contributed by atoms with Crippen LogP contribution in [0.3, 0.4) is 0 Å². The Kier molecular flexibility index (Phi) is 1.70. The first-order chi connectivity index (χ1) is 7.59. The molecule has 0 spiro atoms. The van der Waals surface area contributed by atoms with Crippen LogP contribution < -0.4 is 0 Å². The van der Waals surface area contributed by atoms with Crippen molar-refractivity contribution in [3.05, 3.63) is 68.9 Å². The van der Waals surface area contributed by atoms with Gasteiger partial charge in [-0.05, 0) is 21.7 Å². The van der Waals surface area contributed by atoms with Crippen molar-refractivity contribution in [3.63, 3.8) is 0 Å². The normalized spacial score (nSPS) is 12.7. The fourth-order valence-electron chi connectivity index (χ4n) is 2.18. The molecule has 1 aliphatic carbocycles. The van der Waals surface area contributed by atoms with E-state index in [0.717, 1.165) is 11.3 Å². The Balaban J connectivity index is 2.53. The second-order valence-electron chi connectivity index (χ2n) is 3.77. The van der Waals surface area contributed by atoms with E-state index in [9.17, 15) is 13.2 Å². The van der Waals surface area contributed by atoms with Crippen LogP contribution in [0.15, 0.2) is 42.5 Å². The summed E-state index contributed by atoms with van der Waals surface area (Å²) in [4.78, 5) is 0. The van der Waals surface area contributed by atoms with Crippen molar-refractivity contribution in [1.29, 1.82) is 0 Å². The van der Waals surface area contributed by atoms with Gasteiger partial charge in [-0.15, -0.1) is 0 Å². The minimum absolute atomic E-state index is 0.339. The number of rotatable bonds is 0. The monoisotopic (exact) mass is 220 g/mol. The highest BCUT2D eigenvalue weighted by molar-refractivity contribution is 5.35. The van der Waals surface area contributed by atoms with Gasteiger partial charge in [0.2, 0.25) is 0 Å². The van der Waals surface area contributed by atoms with Crippen molar-refractivity contribution in [3.8, 4) is 0 Å². The van der Waals surface area contributed by atoms with E-state index < -0.39 is 11.7 Å². The molecule has 80 valence electrons. The highest BCUT2D eigenvalue weighted by Crippen LogP contribution is 2.32. The van der Waals surface area contributed by atoms with Crippen LogP contribution in [0.4, 0.5) is 13.2 Å². The molecule has 0 bridgehead atoms. The van der Waals surface area contributed by atoms with Crippen molar-refractivity contribution in [2.45, 2.75) is 6.18 Å². The maximum absolute atomic E-state index is 12.8. The van der Waals surface area contributed by atoms with Crippen LogP contribution in [0.2, 0.25) is 0 Å². The lowest BCUT2D eigenvalue weighted by molar-refractivity contribution is -0.138. The molecular formula is C13H7F3. The predicted octanol–water partition coefficient (Wildman–Crippen LogP) is 3.59. The van der Waals surface area contributed by atoms with E-state index in [1.165, 1.54) is 6.07 Å². The molecule has 16 heavy (non-hydrogen) atoms. The second-order valence-corrected chi connectivity index (χ2v) is 3.77. The quantitative estimate of drug-likeness (QED) is 0.543. The molecule has 0 nitrogen and oxygen atoms in total. The van der Waals surface area contributed by atoms with Gasteiger partial charge in [0.1, 0.15) is 0 Å². The molecule has 2 aromatic rings. The molecule has 3 rings (SSSR count). The third-order valence-corrected chi connectivity index (χ3v) is 2.86. The first-order valence-corrected chi connectivity index (χ1v) is 4.89. The Bertz CT molecular complexity index is 742. The predicted molar refractivity (Wildman–Crippen MR) is 53.2 cm³/mol. The lowest BCUT2D eigenvalue weighted by Gasteiger charge is -2.12. The fraction of sp³-hybridized carbons (Fsp3) is 0.0769. The molecule has 0 heterocycles. The molecule has 0 saturated carbocycles. The Morgan fingerprint density at radius 1 is 0.688 bits per heavy atom. The van der Waals surface area contributed by atoms with Crippen molar-refractivity contribution in [1.82, 2.24) is 0 Å². The summed E-state index contributed by atoms with van der Waals surface area (Å²) < 4.78 is 38.3. The average Bonchev–Trinajstić information content (AvgIpc) is 2.23. The van der Waals surface area contributed by atoms with Crippen LogP contribution in [-0.4, -0.2) is 0 Å². The van der Waals surface area contributed by atoms with Gasteiger partial charge in [0.15, 0.2) is 0 Å². The van der Waals surface area contributed by atoms with Gasteiger partial charge in [0.05, 0.1) is 5.56 Å². The zero-order valence-electron chi connectivity index (χ0n) is 8.18. The Morgan fingerprint density at radius 2 is 1.31 bits per heavy atom. The minimum Gasteiger partial charge on any atom is -0.166 e. The summed E-state index contributed by atoms with van der Waals surface area (Å²) in [6, 6.07) is 11.5. The zero-order valence-corrected chi connectivity index (χ0v) is 8.18. The van der Waals surface area contributed by atoms with Crippen LogP contribution in [-0.2, 0) is 6.18 Å². The van der Waals surface area contributed by atoms with Crippen molar-refractivity contribution < 1.29 is 13.2 Å². The van der Waals surface area contributed by atoms with Crippen molar-refractivity contribution >= 4 is 0 Å². The molecular weight excluding hydrogens is 213 g/mol. The molecule has 0 N–H and O–H groups in total. The number of benzene rings is 2. The third-order valence-electron chi connectivity index (χ3n) is 2.86. The molecule has 0 radical (unpaired) electrons. The van der Waals surface area contributed by atoms with Gasteiger partial charge < -0.3 is 0 Å². The van der Waals surface area contributed by atoms with Gasteiger partial charge in [-0.2, -0.15) is 13.2 Å². The number of alkyl halides is 3. The first kappa shape index (κ1) is 9.46. The Labute approximate surface area is 89.0 Å². The molecule has 0 aliphatic heterocycles. The summed E-state index contributed by atoms with van der Waals surface area (Å²) in [5, 5.41) is 2.64. The highest BCUT2D eigenvalue weighted by atomic mass is 19.4. The molecule has 0 atom stereocenters. The summed E-state index contributed by atoms with van der Waals surface area (Å²) in [7, 11) is 0. The summed E-state index contributed by atoms with van der Waals surface area (Å²) in [5.41, 5.74) is -0.538. The smallest absolute Gasteiger partial charge is 0.166 e. The van der Waals surface area contributed by atoms with E-state index in [2.05, 4.69) is 0 Å². The van der Waals surface area contributed by atoms with E-state index in [1.807, 2.05) is 12.1 Å². The maximum atomic E-state index is 12.8. The van der Waals surface area contributed by atoms with Gasteiger partial charge in [-0.25, -0.2) is 0 Å². The lowest BCUT2D eigenvalue weighted by atomic mass is 9.97. The Morgan fingerprint density at radius 3 is 2.00 bits per heavy atom. The van der Waals surface area contributed by atoms with Crippen molar-refractivity contribution in [2.24, 2.45) is 0 Å². The molecule has 0 saturated heterocycles. The largest absolute Gasteiger partial charge is 0.417 e. The number of halogens is 3. The summed E-state index contributed by atoms with van der Waals surface area (Å²) >= 11 is 0. The van der Waals surface area contributed by atoms with Crippen LogP contribution in [0, 0.1) is 20.9 Å². The van der Waals surface area contributed by atoms with E-state index in [-0.39, 0.29) is 0 Å². The molecule has 1 aliphatic rings. The number of fused-ring (bicyclic) bond motifs is 2. The highest BCUT2D eigenvalue weighted by Gasteiger charge is 2.32.